The SMILES string of the molecule is Cn1nc(-c2ccc(Cl)cc2)cc1C(=O)NC[C@H]1CCCN2CCCC[C@@H]12. The first-order valence-corrected chi connectivity index (χ1v) is 10.3. The van der Waals surface area contributed by atoms with Crippen molar-refractivity contribution in [2.24, 2.45) is 13.0 Å². The van der Waals surface area contributed by atoms with Gasteiger partial charge in [-0.2, -0.15) is 5.10 Å². The van der Waals surface area contributed by atoms with Crippen LogP contribution in [0.25, 0.3) is 11.3 Å². The van der Waals surface area contributed by atoms with Crippen LogP contribution in [0.3, 0.4) is 0 Å². The zero-order valence-corrected chi connectivity index (χ0v) is 16.6. The molecule has 0 unspecified atom stereocenters. The molecule has 2 aliphatic heterocycles. The van der Waals surface area contributed by atoms with Gasteiger partial charge in [-0.3, -0.25) is 9.48 Å². The topological polar surface area (TPSA) is 50.2 Å². The van der Waals surface area contributed by atoms with Crippen LogP contribution in [0.2, 0.25) is 5.02 Å². The normalized spacial score (nSPS) is 23.0. The van der Waals surface area contributed by atoms with Crippen LogP contribution in [0.1, 0.15) is 42.6 Å². The number of aromatic nitrogens is 2. The van der Waals surface area contributed by atoms with Gasteiger partial charge < -0.3 is 10.2 Å². The highest BCUT2D eigenvalue weighted by Crippen LogP contribution is 2.30. The van der Waals surface area contributed by atoms with Crippen molar-refractivity contribution in [2.45, 2.75) is 38.1 Å². The van der Waals surface area contributed by atoms with Gasteiger partial charge in [0, 0.05) is 30.2 Å². The van der Waals surface area contributed by atoms with Gasteiger partial charge in [0.15, 0.2) is 0 Å². The highest BCUT2D eigenvalue weighted by Gasteiger charge is 2.33. The van der Waals surface area contributed by atoms with Gasteiger partial charge in [-0.1, -0.05) is 30.2 Å². The molecule has 0 spiro atoms. The van der Waals surface area contributed by atoms with E-state index in [9.17, 15) is 4.79 Å². The zero-order chi connectivity index (χ0) is 18.8. The number of amides is 1. The lowest BCUT2D eigenvalue weighted by atomic mass is 9.83. The number of rotatable bonds is 4. The number of nitrogens with one attached hydrogen (secondary N) is 1. The molecule has 3 heterocycles. The number of aryl methyl sites for hydroxylation is 1. The van der Waals surface area contributed by atoms with Crippen molar-refractivity contribution >= 4 is 17.5 Å². The summed E-state index contributed by atoms with van der Waals surface area (Å²) in [5.41, 5.74) is 2.34. The lowest BCUT2D eigenvalue weighted by molar-refractivity contribution is 0.0574. The van der Waals surface area contributed by atoms with Crippen LogP contribution in [-0.2, 0) is 7.05 Å². The molecule has 0 aliphatic carbocycles. The molecule has 0 saturated carbocycles. The Hall–Kier alpha value is -1.85. The van der Waals surface area contributed by atoms with Crippen LogP contribution in [0, 0.1) is 5.92 Å². The average Bonchev–Trinajstić information content (AvgIpc) is 3.08. The Morgan fingerprint density at radius 3 is 2.78 bits per heavy atom. The fraction of sp³-hybridized carbons (Fsp3) is 0.524. The summed E-state index contributed by atoms with van der Waals surface area (Å²) >= 11 is 5.96. The van der Waals surface area contributed by atoms with Gasteiger partial charge in [0.2, 0.25) is 0 Å². The van der Waals surface area contributed by atoms with E-state index in [1.165, 1.54) is 45.2 Å². The smallest absolute Gasteiger partial charge is 0.269 e. The minimum Gasteiger partial charge on any atom is -0.350 e. The van der Waals surface area contributed by atoms with Crippen molar-refractivity contribution in [1.82, 2.24) is 20.0 Å². The molecule has 6 heteroatoms. The van der Waals surface area contributed by atoms with E-state index in [0.717, 1.165) is 17.8 Å². The molecule has 1 aromatic heterocycles. The van der Waals surface area contributed by atoms with E-state index in [1.54, 1.807) is 4.68 Å². The number of nitrogens with zero attached hydrogens (tertiary/aromatic N) is 3. The van der Waals surface area contributed by atoms with Crippen molar-refractivity contribution in [3.05, 3.63) is 41.0 Å². The fourth-order valence-electron chi connectivity index (χ4n) is 4.57. The summed E-state index contributed by atoms with van der Waals surface area (Å²) in [4.78, 5) is 15.4. The number of piperidine rings is 2. The van der Waals surface area contributed by atoms with Gasteiger partial charge >= 0.3 is 0 Å². The quantitative estimate of drug-likeness (QED) is 0.870. The van der Waals surface area contributed by atoms with E-state index in [-0.39, 0.29) is 5.91 Å². The van der Waals surface area contributed by atoms with Crippen LogP contribution in [-0.4, -0.2) is 46.3 Å². The number of hydrogen-bond donors (Lipinski definition) is 1. The molecule has 1 aromatic carbocycles. The largest absolute Gasteiger partial charge is 0.350 e. The Morgan fingerprint density at radius 1 is 1.19 bits per heavy atom. The second kappa shape index (κ2) is 8.03. The van der Waals surface area contributed by atoms with Gasteiger partial charge in [-0.25, -0.2) is 0 Å². The number of halogens is 1. The Balaban J connectivity index is 1.42. The molecule has 2 saturated heterocycles. The zero-order valence-electron chi connectivity index (χ0n) is 15.8. The summed E-state index contributed by atoms with van der Waals surface area (Å²) in [7, 11) is 1.82. The molecule has 4 rings (SSSR count). The maximum Gasteiger partial charge on any atom is 0.269 e. The van der Waals surface area contributed by atoms with Crippen LogP contribution in [0.15, 0.2) is 30.3 Å². The molecule has 0 bridgehead atoms. The minimum absolute atomic E-state index is 0.0434. The Labute approximate surface area is 165 Å². The monoisotopic (exact) mass is 386 g/mol. The third-order valence-electron chi connectivity index (χ3n) is 6.01. The number of fused-ring (bicyclic) bond motifs is 1. The molecule has 2 aliphatic rings. The van der Waals surface area contributed by atoms with Gasteiger partial charge in [0.25, 0.3) is 5.91 Å². The van der Waals surface area contributed by atoms with E-state index in [2.05, 4.69) is 15.3 Å². The van der Waals surface area contributed by atoms with E-state index in [0.29, 0.717) is 22.7 Å². The lowest BCUT2D eigenvalue weighted by Crippen LogP contribution is -2.51. The number of carbonyl (C=O) groups is 1. The van der Waals surface area contributed by atoms with Gasteiger partial charge in [0.05, 0.1) is 5.69 Å². The molecule has 0 radical (unpaired) electrons. The molecule has 5 nitrogen and oxygen atoms in total. The molecule has 2 aromatic rings. The molecule has 2 atom stereocenters. The number of carbonyl (C=O) groups excluding carboxylic acids is 1. The van der Waals surface area contributed by atoms with Crippen molar-refractivity contribution in [3.63, 3.8) is 0 Å². The van der Waals surface area contributed by atoms with E-state index in [4.69, 9.17) is 11.6 Å². The Bertz CT molecular complexity index is 799. The molecule has 2 fully saturated rings. The van der Waals surface area contributed by atoms with Crippen molar-refractivity contribution in [3.8, 4) is 11.3 Å². The van der Waals surface area contributed by atoms with E-state index < -0.39 is 0 Å². The maximum absolute atomic E-state index is 12.8. The first-order chi connectivity index (χ1) is 13.1. The summed E-state index contributed by atoms with van der Waals surface area (Å²) in [5, 5.41) is 8.36. The van der Waals surface area contributed by atoms with Crippen molar-refractivity contribution < 1.29 is 4.79 Å². The standard InChI is InChI=1S/C21H27ClN4O/c1-25-20(13-18(24-25)15-7-9-17(22)10-8-15)21(27)23-14-16-5-4-12-26-11-3-2-6-19(16)26/h7-10,13,16,19H,2-6,11-12,14H2,1H3,(H,23,27)/t16-,19+/m1/s1. The van der Waals surface area contributed by atoms with Gasteiger partial charge in [0.1, 0.15) is 5.69 Å². The third kappa shape index (κ3) is 4.04. The fourth-order valence-corrected chi connectivity index (χ4v) is 4.70. The maximum atomic E-state index is 12.8. The van der Waals surface area contributed by atoms with Gasteiger partial charge in [-0.05, 0) is 62.9 Å². The first-order valence-electron chi connectivity index (χ1n) is 9.94. The molecular weight excluding hydrogens is 360 g/mol. The average molecular weight is 387 g/mol. The summed E-state index contributed by atoms with van der Waals surface area (Å²) in [6.45, 7) is 3.20. The van der Waals surface area contributed by atoms with Crippen LogP contribution >= 0.6 is 11.6 Å². The Morgan fingerprint density at radius 2 is 1.96 bits per heavy atom. The Kier molecular flexibility index (Phi) is 5.50. The predicted octanol–water partition coefficient (Wildman–Crippen LogP) is 3.73. The predicted molar refractivity (Wildman–Crippen MR) is 108 cm³/mol. The van der Waals surface area contributed by atoms with Crippen molar-refractivity contribution in [1.29, 1.82) is 0 Å². The van der Waals surface area contributed by atoms with Crippen molar-refractivity contribution in [2.75, 3.05) is 19.6 Å². The van der Waals surface area contributed by atoms with Crippen LogP contribution in [0.4, 0.5) is 0 Å². The summed E-state index contributed by atoms with van der Waals surface area (Å²) in [6.07, 6.45) is 6.36. The molecule has 1 amide bonds. The number of benzene rings is 1. The van der Waals surface area contributed by atoms with Crippen LogP contribution < -0.4 is 5.32 Å². The first kappa shape index (κ1) is 18.5. The molecule has 27 heavy (non-hydrogen) atoms. The second-order valence-corrected chi connectivity index (χ2v) is 8.19. The molecule has 144 valence electrons. The lowest BCUT2D eigenvalue weighted by Gasteiger charge is -2.44. The summed E-state index contributed by atoms with van der Waals surface area (Å²) in [5.74, 6) is 0.519. The summed E-state index contributed by atoms with van der Waals surface area (Å²) < 4.78 is 1.66. The highest BCUT2D eigenvalue weighted by atomic mass is 35.5. The van der Waals surface area contributed by atoms with E-state index >= 15 is 0 Å². The van der Waals surface area contributed by atoms with Gasteiger partial charge in [-0.15, -0.1) is 0 Å². The van der Waals surface area contributed by atoms with E-state index in [1.807, 2.05) is 37.4 Å². The molecular formula is C21H27ClN4O. The highest BCUT2D eigenvalue weighted by molar-refractivity contribution is 6.30. The summed E-state index contributed by atoms with van der Waals surface area (Å²) in [6, 6.07) is 10.0. The van der Waals surface area contributed by atoms with Crippen LogP contribution in [0.5, 0.6) is 0 Å². The minimum atomic E-state index is -0.0434. The third-order valence-corrected chi connectivity index (χ3v) is 6.26. The number of hydrogen-bond acceptors (Lipinski definition) is 3. The molecule has 1 N–H and O–H groups in total. The second-order valence-electron chi connectivity index (χ2n) is 7.76.